The van der Waals surface area contributed by atoms with Gasteiger partial charge in [-0.15, -0.1) is 0 Å². The molecule has 0 bridgehead atoms. The Morgan fingerprint density at radius 3 is 2.67 bits per heavy atom. The molecule has 0 aliphatic heterocycles. The third kappa shape index (κ3) is 4.37. The van der Waals surface area contributed by atoms with E-state index in [9.17, 15) is 0 Å². The van der Waals surface area contributed by atoms with Crippen molar-refractivity contribution in [3.05, 3.63) is 23.8 Å². The molecule has 21 heavy (non-hydrogen) atoms. The first-order valence-corrected chi connectivity index (χ1v) is 8.35. The van der Waals surface area contributed by atoms with E-state index >= 15 is 0 Å². The molecule has 118 valence electrons. The van der Waals surface area contributed by atoms with Crippen LogP contribution in [0.25, 0.3) is 0 Å². The normalized spacial score (nSPS) is 22.0. The lowest BCUT2D eigenvalue weighted by Gasteiger charge is -2.31. The van der Waals surface area contributed by atoms with Crippen molar-refractivity contribution in [2.24, 2.45) is 5.92 Å². The zero-order valence-corrected chi connectivity index (χ0v) is 13.7. The van der Waals surface area contributed by atoms with Gasteiger partial charge in [-0.3, -0.25) is 0 Å². The Morgan fingerprint density at radius 2 is 1.95 bits per heavy atom. The summed E-state index contributed by atoms with van der Waals surface area (Å²) >= 11 is 0. The Kier molecular flexibility index (Phi) is 6.37. The van der Waals surface area contributed by atoms with Crippen LogP contribution < -0.4 is 14.8 Å². The molecule has 2 rings (SSSR count). The molecule has 3 heteroatoms. The minimum Gasteiger partial charge on any atom is -0.490 e. The highest BCUT2D eigenvalue weighted by Crippen LogP contribution is 2.35. The predicted octanol–water partition coefficient (Wildman–Crippen LogP) is 4.15. The average molecular weight is 291 g/mol. The van der Waals surface area contributed by atoms with Crippen molar-refractivity contribution >= 4 is 0 Å². The van der Waals surface area contributed by atoms with Crippen molar-refractivity contribution in [3.8, 4) is 11.5 Å². The molecule has 2 atom stereocenters. The maximum atomic E-state index is 6.33. The fourth-order valence-electron chi connectivity index (χ4n) is 3.19. The van der Waals surface area contributed by atoms with Crippen LogP contribution in [0.3, 0.4) is 0 Å². The van der Waals surface area contributed by atoms with E-state index in [1.54, 1.807) is 0 Å². The zero-order chi connectivity index (χ0) is 15.1. The Hall–Kier alpha value is -1.22. The Bertz CT molecular complexity index is 433. The SMILES string of the molecule is CCOc1cc(CNC)ccc1OC1CCCCC1CC. The summed E-state index contributed by atoms with van der Waals surface area (Å²) < 4.78 is 12.1. The third-order valence-corrected chi connectivity index (χ3v) is 4.33. The zero-order valence-electron chi connectivity index (χ0n) is 13.7. The van der Waals surface area contributed by atoms with Crippen molar-refractivity contribution in [2.75, 3.05) is 13.7 Å². The van der Waals surface area contributed by atoms with Crippen LogP contribution >= 0.6 is 0 Å². The van der Waals surface area contributed by atoms with E-state index in [2.05, 4.69) is 30.4 Å². The van der Waals surface area contributed by atoms with Crippen molar-refractivity contribution in [1.82, 2.24) is 5.32 Å². The number of hydrogen-bond donors (Lipinski definition) is 1. The number of ether oxygens (including phenoxy) is 2. The quantitative estimate of drug-likeness (QED) is 0.818. The van der Waals surface area contributed by atoms with E-state index in [1.807, 2.05) is 14.0 Å². The fraction of sp³-hybridized carbons (Fsp3) is 0.667. The van der Waals surface area contributed by atoms with Gasteiger partial charge >= 0.3 is 0 Å². The van der Waals surface area contributed by atoms with E-state index in [0.29, 0.717) is 18.6 Å². The van der Waals surface area contributed by atoms with Crippen molar-refractivity contribution in [2.45, 2.75) is 58.6 Å². The number of nitrogens with one attached hydrogen (secondary N) is 1. The molecule has 1 fully saturated rings. The number of benzene rings is 1. The summed E-state index contributed by atoms with van der Waals surface area (Å²) in [5.74, 6) is 2.47. The monoisotopic (exact) mass is 291 g/mol. The van der Waals surface area contributed by atoms with E-state index in [1.165, 1.54) is 37.7 Å². The van der Waals surface area contributed by atoms with Gasteiger partial charge in [-0.05, 0) is 63.3 Å². The maximum absolute atomic E-state index is 6.33. The van der Waals surface area contributed by atoms with Crippen molar-refractivity contribution in [3.63, 3.8) is 0 Å². The van der Waals surface area contributed by atoms with E-state index < -0.39 is 0 Å². The van der Waals surface area contributed by atoms with Crippen LogP contribution in [0, 0.1) is 5.92 Å². The van der Waals surface area contributed by atoms with Gasteiger partial charge < -0.3 is 14.8 Å². The molecular formula is C18H29NO2. The smallest absolute Gasteiger partial charge is 0.161 e. The molecule has 1 aromatic carbocycles. The van der Waals surface area contributed by atoms with Gasteiger partial charge in [-0.2, -0.15) is 0 Å². The van der Waals surface area contributed by atoms with Gasteiger partial charge in [0, 0.05) is 6.54 Å². The molecule has 0 spiro atoms. The van der Waals surface area contributed by atoms with Crippen molar-refractivity contribution in [1.29, 1.82) is 0 Å². The lowest BCUT2D eigenvalue weighted by molar-refractivity contribution is 0.0865. The highest BCUT2D eigenvalue weighted by Gasteiger charge is 2.26. The molecule has 0 amide bonds. The van der Waals surface area contributed by atoms with Crippen LogP contribution in [0.5, 0.6) is 11.5 Å². The molecule has 1 aliphatic carbocycles. The highest BCUT2D eigenvalue weighted by molar-refractivity contribution is 5.43. The second-order valence-corrected chi connectivity index (χ2v) is 5.85. The van der Waals surface area contributed by atoms with Gasteiger partial charge in [0.25, 0.3) is 0 Å². The summed E-state index contributed by atoms with van der Waals surface area (Å²) in [6.07, 6.45) is 6.64. The number of hydrogen-bond acceptors (Lipinski definition) is 3. The molecule has 1 aromatic rings. The van der Waals surface area contributed by atoms with Crippen LogP contribution in [0.1, 0.15) is 51.5 Å². The van der Waals surface area contributed by atoms with Gasteiger partial charge in [-0.25, -0.2) is 0 Å². The molecule has 0 saturated heterocycles. The first kappa shape index (κ1) is 16.2. The molecule has 2 unspecified atom stereocenters. The molecule has 0 aromatic heterocycles. The maximum Gasteiger partial charge on any atom is 0.161 e. The topological polar surface area (TPSA) is 30.5 Å². The Labute approximate surface area is 129 Å². The van der Waals surface area contributed by atoms with E-state index in [4.69, 9.17) is 9.47 Å². The summed E-state index contributed by atoms with van der Waals surface area (Å²) in [5.41, 5.74) is 1.23. The minimum atomic E-state index is 0.345. The second-order valence-electron chi connectivity index (χ2n) is 5.85. The van der Waals surface area contributed by atoms with Gasteiger partial charge in [-0.1, -0.05) is 19.4 Å². The molecule has 3 nitrogen and oxygen atoms in total. The lowest BCUT2D eigenvalue weighted by Crippen LogP contribution is -2.30. The molecule has 1 saturated carbocycles. The predicted molar refractivity (Wildman–Crippen MR) is 87.0 cm³/mol. The molecule has 1 N–H and O–H groups in total. The van der Waals surface area contributed by atoms with Crippen LogP contribution in [0.2, 0.25) is 0 Å². The summed E-state index contributed by atoms with van der Waals surface area (Å²) in [7, 11) is 1.96. The van der Waals surface area contributed by atoms with Gasteiger partial charge in [0.15, 0.2) is 11.5 Å². The summed E-state index contributed by atoms with van der Waals surface area (Å²) in [6, 6.07) is 6.29. The summed E-state index contributed by atoms with van der Waals surface area (Å²) in [5, 5.41) is 3.17. The highest BCUT2D eigenvalue weighted by atomic mass is 16.5. The Morgan fingerprint density at radius 1 is 1.14 bits per heavy atom. The van der Waals surface area contributed by atoms with Gasteiger partial charge in [0.1, 0.15) is 6.10 Å². The standard InChI is InChI=1S/C18H29NO2/c1-4-15-8-6-7-9-16(15)21-17-11-10-14(13-19-3)12-18(17)20-5-2/h10-12,15-16,19H,4-9,13H2,1-3H3. The van der Waals surface area contributed by atoms with Crippen LogP contribution in [0.15, 0.2) is 18.2 Å². The molecular weight excluding hydrogens is 262 g/mol. The summed E-state index contributed by atoms with van der Waals surface area (Å²) in [4.78, 5) is 0. The molecule has 0 radical (unpaired) electrons. The van der Waals surface area contributed by atoms with Crippen LogP contribution in [-0.4, -0.2) is 19.8 Å². The van der Waals surface area contributed by atoms with E-state index in [0.717, 1.165) is 18.0 Å². The first-order valence-electron chi connectivity index (χ1n) is 8.35. The van der Waals surface area contributed by atoms with Crippen LogP contribution in [-0.2, 0) is 6.54 Å². The first-order chi connectivity index (χ1) is 10.3. The van der Waals surface area contributed by atoms with Gasteiger partial charge in [0.2, 0.25) is 0 Å². The van der Waals surface area contributed by atoms with Crippen molar-refractivity contribution < 1.29 is 9.47 Å². The lowest BCUT2D eigenvalue weighted by atomic mass is 9.85. The second kappa shape index (κ2) is 8.28. The third-order valence-electron chi connectivity index (χ3n) is 4.33. The average Bonchev–Trinajstić information content (AvgIpc) is 2.51. The molecule has 1 aliphatic rings. The number of rotatable bonds is 7. The Balaban J connectivity index is 2.13. The molecule has 0 heterocycles. The van der Waals surface area contributed by atoms with Gasteiger partial charge in [0.05, 0.1) is 6.61 Å². The summed E-state index contributed by atoms with van der Waals surface area (Å²) in [6.45, 7) is 5.80. The largest absolute Gasteiger partial charge is 0.490 e. The fourth-order valence-corrected chi connectivity index (χ4v) is 3.19. The van der Waals surface area contributed by atoms with E-state index in [-0.39, 0.29) is 0 Å². The van der Waals surface area contributed by atoms with Crippen LogP contribution in [0.4, 0.5) is 0 Å². The minimum absolute atomic E-state index is 0.345.